The number of ether oxygens (including phenoxy) is 1. The molecule has 140 valence electrons. The van der Waals surface area contributed by atoms with E-state index in [1.165, 1.54) is 0 Å². The predicted octanol–water partition coefficient (Wildman–Crippen LogP) is 1.91. The lowest BCUT2D eigenvalue weighted by Gasteiger charge is -2.25. The quantitative estimate of drug-likeness (QED) is 0.679. The number of rotatable bonds is 6. The van der Waals surface area contributed by atoms with E-state index in [0.29, 0.717) is 11.5 Å². The number of hydrogen-bond acceptors (Lipinski definition) is 5. The monoisotopic (exact) mass is 361 g/mol. The van der Waals surface area contributed by atoms with E-state index in [9.17, 15) is 14.4 Å². The van der Waals surface area contributed by atoms with Crippen LogP contribution in [0.1, 0.15) is 73.7 Å². The molecule has 3 heterocycles. The molecule has 0 fully saturated rings. The fourth-order valence-corrected chi connectivity index (χ4v) is 3.43. The lowest BCUT2D eigenvalue weighted by Crippen LogP contribution is -2.27. The summed E-state index contributed by atoms with van der Waals surface area (Å²) >= 11 is 0. The first-order valence-electron chi connectivity index (χ1n) is 8.86. The van der Waals surface area contributed by atoms with E-state index in [0.717, 1.165) is 18.4 Å². The van der Waals surface area contributed by atoms with Gasteiger partial charge in [-0.2, -0.15) is 5.10 Å². The third-order valence-corrected chi connectivity index (χ3v) is 4.72. The van der Waals surface area contributed by atoms with Gasteiger partial charge in [0.25, 0.3) is 0 Å². The Kier molecular flexibility index (Phi) is 4.97. The number of aromatic amines is 2. The number of fused-ring (bicyclic) bond motifs is 1. The second-order valence-corrected chi connectivity index (χ2v) is 6.26. The van der Waals surface area contributed by atoms with Crippen LogP contribution in [-0.2, 0) is 9.53 Å². The summed E-state index contributed by atoms with van der Waals surface area (Å²) in [6.45, 7) is 6.00. The van der Waals surface area contributed by atoms with Gasteiger partial charge >= 0.3 is 11.7 Å². The lowest BCUT2D eigenvalue weighted by atomic mass is 9.90. The zero-order valence-electron chi connectivity index (χ0n) is 15.1. The molecule has 9 nitrogen and oxygen atoms in total. The topological polar surface area (TPSA) is 122 Å². The molecule has 2 aromatic heterocycles. The van der Waals surface area contributed by atoms with Gasteiger partial charge in [0.2, 0.25) is 5.91 Å². The number of nitrogens with one attached hydrogen (secondary N) is 3. The van der Waals surface area contributed by atoms with Gasteiger partial charge in [-0.15, -0.1) is 0 Å². The summed E-state index contributed by atoms with van der Waals surface area (Å²) in [6, 6.07) is 0.160. The zero-order valence-corrected chi connectivity index (χ0v) is 15.1. The molecule has 26 heavy (non-hydrogen) atoms. The van der Waals surface area contributed by atoms with Crippen molar-refractivity contribution < 1.29 is 14.3 Å². The molecule has 9 heteroatoms. The highest BCUT2D eigenvalue weighted by Crippen LogP contribution is 2.38. The molecule has 0 saturated carbocycles. The molecule has 0 aromatic carbocycles. The highest BCUT2D eigenvalue weighted by atomic mass is 16.5. The molecule has 0 aliphatic carbocycles. The third-order valence-electron chi connectivity index (χ3n) is 4.72. The fourth-order valence-electron chi connectivity index (χ4n) is 3.43. The maximum Gasteiger partial charge on any atom is 0.356 e. The molecule has 3 N–H and O–H groups in total. The second-order valence-electron chi connectivity index (χ2n) is 6.26. The summed E-state index contributed by atoms with van der Waals surface area (Å²) in [5.41, 5.74) is 0.673. The van der Waals surface area contributed by atoms with Crippen molar-refractivity contribution in [3.63, 3.8) is 0 Å². The first-order chi connectivity index (χ1) is 12.5. The van der Waals surface area contributed by atoms with E-state index in [2.05, 4.69) is 34.2 Å². The molecule has 1 amide bonds. The maximum absolute atomic E-state index is 12.3. The van der Waals surface area contributed by atoms with Crippen molar-refractivity contribution in [3.8, 4) is 0 Å². The normalized spacial score (nSPS) is 16.5. The zero-order chi connectivity index (χ0) is 18.8. The molecule has 1 aliphatic rings. The van der Waals surface area contributed by atoms with Crippen molar-refractivity contribution in [1.82, 2.24) is 19.7 Å². The van der Waals surface area contributed by atoms with Crippen LogP contribution in [0.25, 0.3) is 0 Å². The van der Waals surface area contributed by atoms with Crippen molar-refractivity contribution in [2.75, 3.05) is 11.9 Å². The smallest absolute Gasteiger partial charge is 0.356 e. The minimum Gasteiger partial charge on any atom is -0.461 e. The first-order valence-corrected chi connectivity index (χ1v) is 8.86. The largest absolute Gasteiger partial charge is 0.461 e. The minimum absolute atomic E-state index is 0.0535. The molecule has 0 unspecified atom stereocenters. The molecule has 0 saturated heterocycles. The van der Waals surface area contributed by atoms with Gasteiger partial charge in [0.1, 0.15) is 11.5 Å². The number of amides is 1. The second kappa shape index (κ2) is 7.19. The van der Waals surface area contributed by atoms with Crippen molar-refractivity contribution in [3.05, 3.63) is 33.6 Å². The van der Waals surface area contributed by atoms with Crippen molar-refractivity contribution in [2.24, 2.45) is 0 Å². The van der Waals surface area contributed by atoms with Crippen LogP contribution in [0.5, 0.6) is 0 Å². The number of hydrogen-bond donors (Lipinski definition) is 3. The fraction of sp³-hybridized carbons (Fsp3) is 0.529. The van der Waals surface area contributed by atoms with Gasteiger partial charge in [0, 0.05) is 17.9 Å². The number of H-pyrrole nitrogens is 2. The predicted molar refractivity (Wildman–Crippen MR) is 94.3 cm³/mol. The molecule has 3 rings (SSSR count). The Bertz CT molecular complexity index is 874. The number of nitrogens with zero attached hydrogens (tertiary/aromatic N) is 2. The van der Waals surface area contributed by atoms with Crippen molar-refractivity contribution >= 4 is 17.7 Å². The van der Waals surface area contributed by atoms with Crippen LogP contribution in [0, 0.1) is 0 Å². The van der Waals surface area contributed by atoms with Crippen molar-refractivity contribution in [1.29, 1.82) is 0 Å². The van der Waals surface area contributed by atoms with Gasteiger partial charge in [-0.1, -0.05) is 13.8 Å². The highest BCUT2D eigenvalue weighted by molar-refractivity contribution is 5.95. The van der Waals surface area contributed by atoms with E-state index in [1.807, 2.05) is 4.68 Å². The summed E-state index contributed by atoms with van der Waals surface area (Å²) in [5.74, 6) is -0.662. The number of imidazole rings is 1. The Hall–Kier alpha value is -2.84. The highest BCUT2D eigenvalue weighted by Gasteiger charge is 2.35. The number of aromatic nitrogens is 4. The maximum atomic E-state index is 12.3. The average molecular weight is 361 g/mol. The lowest BCUT2D eigenvalue weighted by molar-refractivity contribution is -0.116. The van der Waals surface area contributed by atoms with Crippen LogP contribution >= 0.6 is 0 Å². The van der Waals surface area contributed by atoms with Crippen LogP contribution in [-0.4, -0.2) is 38.2 Å². The SMILES string of the molecule is CCOC(=O)c1[nH]c(=O)[nH]c1[C@@H]1CC(=O)Nc2c1cnn2C(CC)CC. The summed E-state index contributed by atoms with van der Waals surface area (Å²) < 4.78 is 6.83. The number of esters is 1. The Labute approximate surface area is 150 Å². The Morgan fingerprint density at radius 1 is 1.31 bits per heavy atom. The minimum atomic E-state index is -0.624. The summed E-state index contributed by atoms with van der Waals surface area (Å²) in [6.07, 6.45) is 3.56. The molecule has 2 aromatic rings. The van der Waals surface area contributed by atoms with Crippen LogP contribution in [0.3, 0.4) is 0 Å². The van der Waals surface area contributed by atoms with Crippen LogP contribution < -0.4 is 11.0 Å². The van der Waals surface area contributed by atoms with Gasteiger partial charge in [-0.3, -0.25) is 9.78 Å². The van der Waals surface area contributed by atoms with E-state index in [4.69, 9.17) is 4.74 Å². The molecular weight excluding hydrogens is 338 g/mol. The van der Waals surface area contributed by atoms with Crippen LogP contribution in [0.15, 0.2) is 11.0 Å². The standard InChI is InChI=1S/C17H23N5O4/c1-4-9(5-2)22-15-11(8-18-22)10(7-12(23)19-15)13-14(16(24)26-6-3)21-17(25)20-13/h8-10H,4-7H2,1-3H3,(H,19,23)(H2,20,21,25)/t10-/m1/s1. The Morgan fingerprint density at radius 2 is 2.04 bits per heavy atom. The Morgan fingerprint density at radius 3 is 2.69 bits per heavy atom. The van der Waals surface area contributed by atoms with Crippen molar-refractivity contribution in [2.45, 2.75) is 52.0 Å². The molecule has 0 spiro atoms. The molecular formula is C17H23N5O4. The number of anilines is 1. The molecule has 1 atom stereocenters. The van der Waals surface area contributed by atoms with Gasteiger partial charge < -0.3 is 15.0 Å². The average Bonchev–Trinajstić information content (AvgIpc) is 3.20. The first kappa shape index (κ1) is 18.0. The van der Waals surface area contributed by atoms with Crippen LogP contribution in [0.4, 0.5) is 5.82 Å². The van der Waals surface area contributed by atoms with Gasteiger partial charge in [-0.25, -0.2) is 14.3 Å². The van der Waals surface area contributed by atoms with Gasteiger partial charge in [0.15, 0.2) is 0 Å². The third kappa shape index (κ3) is 3.04. The van der Waals surface area contributed by atoms with Gasteiger partial charge in [0.05, 0.1) is 24.5 Å². The number of carbonyl (C=O) groups excluding carboxylic acids is 2. The van der Waals surface area contributed by atoms with E-state index >= 15 is 0 Å². The van der Waals surface area contributed by atoms with E-state index < -0.39 is 17.6 Å². The Balaban J connectivity index is 2.08. The van der Waals surface area contributed by atoms with E-state index in [-0.39, 0.29) is 30.7 Å². The van der Waals surface area contributed by atoms with Gasteiger partial charge in [-0.05, 0) is 19.8 Å². The molecule has 1 aliphatic heterocycles. The molecule has 0 radical (unpaired) electrons. The summed E-state index contributed by atoms with van der Waals surface area (Å²) in [7, 11) is 0. The van der Waals surface area contributed by atoms with Crippen LogP contribution in [0.2, 0.25) is 0 Å². The van der Waals surface area contributed by atoms with E-state index in [1.54, 1.807) is 13.1 Å². The molecule has 0 bridgehead atoms. The summed E-state index contributed by atoms with van der Waals surface area (Å²) in [4.78, 5) is 41.4. The summed E-state index contributed by atoms with van der Waals surface area (Å²) in [5, 5.41) is 7.33. The number of carbonyl (C=O) groups is 2.